The lowest BCUT2D eigenvalue weighted by Crippen LogP contribution is -2.17. The molecule has 3 nitrogen and oxygen atoms in total. The van der Waals surface area contributed by atoms with Gasteiger partial charge in [-0.25, -0.2) is 4.98 Å². The summed E-state index contributed by atoms with van der Waals surface area (Å²) in [6.07, 6.45) is 2.21. The zero-order valence-electron chi connectivity index (χ0n) is 7.41. The van der Waals surface area contributed by atoms with E-state index in [1.54, 1.807) is 11.3 Å². The fourth-order valence-corrected chi connectivity index (χ4v) is 2.07. The van der Waals surface area contributed by atoms with Gasteiger partial charge in [0.05, 0.1) is 16.1 Å². The van der Waals surface area contributed by atoms with E-state index in [9.17, 15) is 4.79 Å². The third kappa shape index (κ3) is 1.58. The number of rotatable bonds is 3. The molecular formula is C9H11NO2S. The van der Waals surface area contributed by atoms with Gasteiger partial charge in [-0.1, -0.05) is 0 Å². The van der Waals surface area contributed by atoms with Crippen LogP contribution in [0.5, 0.6) is 0 Å². The zero-order valence-corrected chi connectivity index (χ0v) is 8.23. The lowest BCUT2D eigenvalue weighted by molar-refractivity contribution is -0.143. The number of carbonyl (C=O) groups is 1. The molecule has 1 aliphatic rings. The van der Waals surface area contributed by atoms with E-state index < -0.39 is 11.4 Å². The lowest BCUT2D eigenvalue weighted by Gasteiger charge is -2.05. The molecule has 0 aromatic carbocycles. The minimum atomic E-state index is -0.668. The molecule has 0 spiro atoms. The summed E-state index contributed by atoms with van der Waals surface area (Å²) in [5, 5.41) is 11.9. The van der Waals surface area contributed by atoms with Crippen molar-refractivity contribution in [3.63, 3.8) is 0 Å². The maximum absolute atomic E-state index is 10.9. The van der Waals surface area contributed by atoms with Crippen molar-refractivity contribution < 1.29 is 9.90 Å². The van der Waals surface area contributed by atoms with E-state index in [4.69, 9.17) is 5.11 Å². The Morgan fingerprint density at radius 3 is 2.85 bits per heavy atom. The van der Waals surface area contributed by atoms with Crippen LogP contribution >= 0.6 is 11.3 Å². The first-order chi connectivity index (χ1) is 6.12. The molecule has 2 rings (SSSR count). The predicted molar refractivity (Wildman–Crippen MR) is 49.9 cm³/mol. The monoisotopic (exact) mass is 197 g/mol. The van der Waals surface area contributed by atoms with Gasteiger partial charge in [-0.05, 0) is 19.8 Å². The van der Waals surface area contributed by atoms with E-state index in [0.29, 0.717) is 6.42 Å². The summed E-state index contributed by atoms with van der Waals surface area (Å²) in [4.78, 5) is 15.1. The standard InChI is InChI=1S/C9H11NO2S/c1-6-10-7(5-13-6)4-9(2-3-9)8(11)12/h5H,2-4H2,1H3,(H,11,12). The molecule has 0 amide bonds. The first-order valence-electron chi connectivity index (χ1n) is 4.27. The third-order valence-electron chi connectivity index (χ3n) is 2.49. The number of carboxylic acids is 1. The second-order valence-electron chi connectivity index (χ2n) is 3.62. The van der Waals surface area contributed by atoms with Gasteiger partial charge in [-0.15, -0.1) is 11.3 Å². The largest absolute Gasteiger partial charge is 0.481 e. The smallest absolute Gasteiger partial charge is 0.310 e. The fraction of sp³-hybridized carbons (Fsp3) is 0.556. The van der Waals surface area contributed by atoms with E-state index in [-0.39, 0.29) is 0 Å². The molecule has 0 saturated heterocycles. The molecule has 1 fully saturated rings. The number of hydrogen-bond acceptors (Lipinski definition) is 3. The molecule has 1 N–H and O–H groups in total. The number of aryl methyl sites for hydroxylation is 1. The van der Waals surface area contributed by atoms with Crippen LogP contribution in [-0.4, -0.2) is 16.1 Å². The highest BCUT2D eigenvalue weighted by Gasteiger charge is 2.50. The Morgan fingerprint density at radius 2 is 2.46 bits per heavy atom. The summed E-state index contributed by atoms with van der Waals surface area (Å²) < 4.78 is 0. The highest BCUT2D eigenvalue weighted by Crippen LogP contribution is 2.48. The molecular weight excluding hydrogens is 186 g/mol. The van der Waals surface area contributed by atoms with Crippen molar-refractivity contribution in [3.05, 3.63) is 16.1 Å². The molecule has 1 aliphatic carbocycles. The van der Waals surface area contributed by atoms with Gasteiger partial charge in [0.1, 0.15) is 0 Å². The molecule has 1 aromatic rings. The Kier molecular flexibility index (Phi) is 1.87. The van der Waals surface area contributed by atoms with E-state index in [1.807, 2.05) is 12.3 Å². The van der Waals surface area contributed by atoms with Gasteiger partial charge in [0, 0.05) is 11.8 Å². The summed E-state index contributed by atoms with van der Waals surface area (Å²) in [5.74, 6) is -0.668. The molecule has 0 bridgehead atoms. The van der Waals surface area contributed by atoms with E-state index in [1.165, 1.54) is 0 Å². The Morgan fingerprint density at radius 1 is 1.77 bits per heavy atom. The molecule has 13 heavy (non-hydrogen) atoms. The molecule has 0 radical (unpaired) electrons. The van der Waals surface area contributed by atoms with Crippen LogP contribution in [0.25, 0.3) is 0 Å². The van der Waals surface area contributed by atoms with Crippen molar-refractivity contribution in [2.24, 2.45) is 5.41 Å². The van der Waals surface area contributed by atoms with E-state index in [0.717, 1.165) is 23.5 Å². The summed E-state index contributed by atoms with van der Waals surface area (Å²) >= 11 is 1.58. The second-order valence-corrected chi connectivity index (χ2v) is 4.68. The van der Waals surface area contributed by atoms with Crippen molar-refractivity contribution in [3.8, 4) is 0 Å². The van der Waals surface area contributed by atoms with E-state index in [2.05, 4.69) is 4.98 Å². The molecule has 0 aliphatic heterocycles. The highest BCUT2D eigenvalue weighted by atomic mass is 32.1. The number of aromatic nitrogens is 1. The Bertz CT molecular complexity index is 341. The van der Waals surface area contributed by atoms with Crippen LogP contribution in [0.4, 0.5) is 0 Å². The normalized spacial score (nSPS) is 18.5. The molecule has 1 saturated carbocycles. The van der Waals surface area contributed by atoms with Crippen molar-refractivity contribution in [1.29, 1.82) is 0 Å². The van der Waals surface area contributed by atoms with Gasteiger partial charge in [-0.2, -0.15) is 0 Å². The van der Waals surface area contributed by atoms with Gasteiger partial charge >= 0.3 is 5.97 Å². The van der Waals surface area contributed by atoms with E-state index >= 15 is 0 Å². The summed E-state index contributed by atoms with van der Waals surface area (Å²) in [7, 11) is 0. The van der Waals surface area contributed by atoms with Crippen LogP contribution in [0.15, 0.2) is 5.38 Å². The maximum Gasteiger partial charge on any atom is 0.310 e. The van der Waals surface area contributed by atoms with Gasteiger partial charge in [0.2, 0.25) is 0 Å². The Hall–Kier alpha value is -0.900. The quantitative estimate of drug-likeness (QED) is 0.804. The molecule has 1 heterocycles. The van der Waals surface area contributed by atoms with Crippen LogP contribution in [0, 0.1) is 12.3 Å². The minimum Gasteiger partial charge on any atom is -0.481 e. The predicted octanol–water partition coefficient (Wildman–Crippen LogP) is 1.86. The molecule has 1 aromatic heterocycles. The van der Waals surface area contributed by atoms with Crippen molar-refractivity contribution in [2.45, 2.75) is 26.2 Å². The molecule has 70 valence electrons. The minimum absolute atomic E-state index is 0.472. The van der Waals surface area contributed by atoms with Gasteiger partial charge in [-0.3, -0.25) is 4.79 Å². The maximum atomic E-state index is 10.9. The summed E-state index contributed by atoms with van der Waals surface area (Å²) in [5.41, 5.74) is 0.461. The highest BCUT2D eigenvalue weighted by molar-refractivity contribution is 7.09. The number of carboxylic acid groups (broad SMARTS) is 1. The van der Waals surface area contributed by atoms with Crippen molar-refractivity contribution in [1.82, 2.24) is 4.98 Å². The fourth-order valence-electron chi connectivity index (χ4n) is 1.45. The lowest BCUT2D eigenvalue weighted by atomic mass is 10.0. The average Bonchev–Trinajstić information content (AvgIpc) is 2.72. The number of thiazole rings is 1. The SMILES string of the molecule is Cc1nc(CC2(C(=O)O)CC2)cs1. The number of hydrogen-bond donors (Lipinski definition) is 1. The molecule has 0 atom stereocenters. The average molecular weight is 197 g/mol. The second kappa shape index (κ2) is 2.80. The van der Waals surface area contributed by atoms with Gasteiger partial charge in [0.25, 0.3) is 0 Å². The zero-order chi connectivity index (χ0) is 9.47. The van der Waals surface area contributed by atoms with Crippen molar-refractivity contribution >= 4 is 17.3 Å². The Balaban J connectivity index is 2.10. The first kappa shape index (κ1) is 8.69. The Labute approximate surface area is 80.4 Å². The van der Waals surface area contributed by atoms with Crippen LogP contribution in [0.1, 0.15) is 23.5 Å². The molecule has 4 heteroatoms. The summed E-state index contributed by atoms with van der Waals surface area (Å²) in [6.45, 7) is 1.94. The number of nitrogens with zero attached hydrogens (tertiary/aromatic N) is 1. The van der Waals surface area contributed by atoms with Crippen LogP contribution < -0.4 is 0 Å². The first-order valence-corrected chi connectivity index (χ1v) is 5.15. The molecule has 0 unspecified atom stereocenters. The topological polar surface area (TPSA) is 50.2 Å². The van der Waals surface area contributed by atoms with Crippen LogP contribution in [0.2, 0.25) is 0 Å². The third-order valence-corrected chi connectivity index (χ3v) is 3.32. The van der Waals surface area contributed by atoms with Crippen molar-refractivity contribution in [2.75, 3.05) is 0 Å². The van der Waals surface area contributed by atoms with Gasteiger partial charge in [0.15, 0.2) is 0 Å². The van der Waals surface area contributed by atoms with Crippen LogP contribution in [-0.2, 0) is 11.2 Å². The summed E-state index contributed by atoms with van der Waals surface area (Å²) in [6, 6.07) is 0. The van der Waals surface area contributed by atoms with Gasteiger partial charge < -0.3 is 5.11 Å². The van der Waals surface area contributed by atoms with Crippen LogP contribution in [0.3, 0.4) is 0 Å². The number of aliphatic carboxylic acids is 1.